The molecular formula is C12H12ClNO. The van der Waals surface area contributed by atoms with Crippen LogP contribution in [0.5, 0.6) is 0 Å². The van der Waals surface area contributed by atoms with Gasteiger partial charge in [-0.05, 0) is 30.0 Å². The molecule has 15 heavy (non-hydrogen) atoms. The maximum Gasteiger partial charge on any atom is 0.158 e. The van der Waals surface area contributed by atoms with E-state index in [1.165, 1.54) is 6.08 Å². The van der Waals surface area contributed by atoms with Gasteiger partial charge in [-0.3, -0.25) is 4.79 Å². The van der Waals surface area contributed by atoms with Crippen molar-refractivity contribution in [2.24, 2.45) is 5.73 Å². The summed E-state index contributed by atoms with van der Waals surface area (Å²) in [7, 11) is 0. The molecule has 0 unspecified atom stereocenters. The van der Waals surface area contributed by atoms with Gasteiger partial charge in [-0.25, -0.2) is 0 Å². The van der Waals surface area contributed by atoms with Gasteiger partial charge in [0.15, 0.2) is 5.78 Å². The third kappa shape index (κ3) is 2.21. The highest BCUT2D eigenvalue weighted by atomic mass is 35.5. The highest BCUT2D eigenvalue weighted by Crippen LogP contribution is 2.33. The van der Waals surface area contributed by atoms with Crippen molar-refractivity contribution in [3.8, 4) is 0 Å². The fourth-order valence-corrected chi connectivity index (χ4v) is 2.24. The Balaban J connectivity index is 2.30. The first-order valence-corrected chi connectivity index (χ1v) is 5.28. The maximum absolute atomic E-state index is 11.4. The van der Waals surface area contributed by atoms with Gasteiger partial charge in [0.05, 0.1) is 0 Å². The van der Waals surface area contributed by atoms with Crippen LogP contribution in [0.25, 0.3) is 0 Å². The average molecular weight is 222 g/mol. The summed E-state index contributed by atoms with van der Waals surface area (Å²) >= 11 is 6.08. The number of carbonyl (C=O) groups is 1. The van der Waals surface area contributed by atoms with Crippen molar-refractivity contribution in [3.05, 3.63) is 46.6 Å². The van der Waals surface area contributed by atoms with Crippen molar-refractivity contribution in [2.75, 3.05) is 0 Å². The average Bonchev–Trinajstić information content (AvgIpc) is 2.16. The zero-order valence-electron chi connectivity index (χ0n) is 8.24. The van der Waals surface area contributed by atoms with E-state index in [9.17, 15) is 4.79 Å². The van der Waals surface area contributed by atoms with Crippen molar-refractivity contribution in [1.29, 1.82) is 0 Å². The molecule has 1 aliphatic rings. The van der Waals surface area contributed by atoms with Crippen LogP contribution in [0.2, 0.25) is 5.02 Å². The SMILES string of the molecule is NC1=CC(=O)C[C@H](c2ccccc2Cl)C1. The normalized spacial score (nSPS) is 21.3. The van der Waals surface area contributed by atoms with Gasteiger partial charge < -0.3 is 5.73 Å². The quantitative estimate of drug-likeness (QED) is 0.792. The minimum atomic E-state index is 0.0867. The van der Waals surface area contributed by atoms with Gasteiger partial charge >= 0.3 is 0 Å². The summed E-state index contributed by atoms with van der Waals surface area (Å²) in [6.07, 6.45) is 2.74. The number of ketones is 1. The molecule has 0 aromatic heterocycles. The molecule has 0 bridgehead atoms. The molecule has 1 aromatic carbocycles. The summed E-state index contributed by atoms with van der Waals surface area (Å²) in [6.45, 7) is 0. The van der Waals surface area contributed by atoms with Gasteiger partial charge in [0.2, 0.25) is 0 Å². The summed E-state index contributed by atoms with van der Waals surface area (Å²) < 4.78 is 0. The van der Waals surface area contributed by atoms with Crippen LogP contribution < -0.4 is 5.73 Å². The van der Waals surface area contributed by atoms with Crippen LogP contribution in [-0.4, -0.2) is 5.78 Å². The summed E-state index contributed by atoms with van der Waals surface area (Å²) in [5.41, 5.74) is 7.37. The number of rotatable bonds is 1. The summed E-state index contributed by atoms with van der Waals surface area (Å²) in [6, 6.07) is 7.62. The molecule has 0 saturated carbocycles. The lowest BCUT2D eigenvalue weighted by molar-refractivity contribution is -0.115. The number of carbonyl (C=O) groups excluding carboxylic acids is 1. The van der Waals surface area contributed by atoms with E-state index >= 15 is 0 Å². The Hall–Kier alpha value is -1.28. The minimum Gasteiger partial charge on any atom is -0.402 e. The standard InChI is InChI=1S/C12H12ClNO/c13-12-4-2-1-3-11(12)8-5-9(14)7-10(15)6-8/h1-4,7-8H,5-6,14H2/t8-/m1/s1. The van der Waals surface area contributed by atoms with E-state index in [-0.39, 0.29) is 11.7 Å². The third-order valence-corrected chi connectivity index (χ3v) is 2.97. The molecule has 0 amide bonds. The van der Waals surface area contributed by atoms with Crippen LogP contribution in [0.15, 0.2) is 36.0 Å². The zero-order chi connectivity index (χ0) is 10.8. The van der Waals surface area contributed by atoms with E-state index < -0.39 is 0 Å². The van der Waals surface area contributed by atoms with Gasteiger partial charge in [-0.1, -0.05) is 29.8 Å². The molecule has 0 heterocycles. The predicted octanol–water partition coefficient (Wildman–Crippen LogP) is 2.63. The van der Waals surface area contributed by atoms with Gasteiger partial charge in [0, 0.05) is 17.1 Å². The van der Waals surface area contributed by atoms with E-state index in [4.69, 9.17) is 17.3 Å². The Morgan fingerprint density at radius 3 is 2.67 bits per heavy atom. The Kier molecular flexibility index (Phi) is 2.78. The van der Waals surface area contributed by atoms with Crippen molar-refractivity contribution >= 4 is 17.4 Å². The molecule has 3 heteroatoms. The van der Waals surface area contributed by atoms with Gasteiger partial charge in [0.1, 0.15) is 0 Å². The molecule has 2 rings (SSSR count). The molecule has 0 spiro atoms. The number of nitrogens with two attached hydrogens (primary N) is 1. The van der Waals surface area contributed by atoms with E-state index in [0.29, 0.717) is 17.1 Å². The lowest BCUT2D eigenvalue weighted by atomic mass is 9.86. The van der Waals surface area contributed by atoms with Crippen LogP contribution >= 0.6 is 11.6 Å². The molecule has 0 radical (unpaired) electrons. The second kappa shape index (κ2) is 4.07. The van der Waals surface area contributed by atoms with Crippen molar-refractivity contribution < 1.29 is 4.79 Å². The minimum absolute atomic E-state index is 0.0867. The Labute approximate surface area is 93.7 Å². The second-order valence-electron chi connectivity index (χ2n) is 3.81. The number of hydrogen-bond acceptors (Lipinski definition) is 2. The lowest BCUT2D eigenvalue weighted by Gasteiger charge is -2.21. The Bertz CT molecular complexity index is 425. The van der Waals surface area contributed by atoms with Crippen LogP contribution in [-0.2, 0) is 4.79 Å². The molecular weight excluding hydrogens is 210 g/mol. The van der Waals surface area contributed by atoms with Gasteiger partial charge in [-0.15, -0.1) is 0 Å². The summed E-state index contributed by atoms with van der Waals surface area (Å²) in [4.78, 5) is 11.4. The van der Waals surface area contributed by atoms with E-state index in [0.717, 1.165) is 12.0 Å². The lowest BCUT2D eigenvalue weighted by Crippen LogP contribution is -2.16. The van der Waals surface area contributed by atoms with E-state index in [2.05, 4.69) is 0 Å². The first-order chi connectivity index (χ1) is 7.16. The van der Waals surface area contributed by atoms with Crippen molar-refractivity contribution in [3.63, 3.8) is 0 Å². The largest absolute Gasteiger partial charge is 0.402 e. The molecule has 0 fully saturated rings. The van der Waals surface area contributed by atoms with Crippen LogP contribution in [0.1, 0.15) is 24.3 Å². The third-order valence-electron chi connectivity index (χ3n) is 2.62. The molecule has 2 N–H and O–H groups in total. The smallest absolute Gasteiger partial charge is 0.158 e. The molecule has 1 aromatic rings. The molecule has 0 saturated heterocycles. The van der Waals surface area contributed by atoms with Crippen molar-refractivity contribution in [2.45, 2.75) is 18.8 Å². The number of benzene rings is 1. The molecule has 2 nitrogen and oxygen atoms in total. The molecule has 1 aliphatic carbocycles. The summed E-state index contributed by atoms with van der Waals surface area (Å²) in [5.74, 6) is 0.222. The second-order valence-corrected chi connectivity index (χ2v) is 4.22. The fourth-order valence-electron chi connectivity index (χ4n) is 1.95. The van der Waals surface area contributed by atoms with Gasteiger partial charge in [-0.2, -0.15) is 0 Å². The maximum atomic E-state index is 11.4. The van der Waals surface area contributed by atoms with Crippen LogP contribution in [0, 0.1) is 0 Å². The number of allylic oxidation sites excluding steroid dienone is 2. The molecule has 1 atom stereocenters. The monoisotopic (exact) mass is 221 g/mol. The predicted molar refractivity (Wildman–Crippen MR) is 60.7 cm³/mol. The Morgan fingerprint density at radius 1 is 1.27 bits per heavy atom. The van der Waals surface area contributed by atoms with Crippen LogP contribution in [0.3, 0.4) is 0 Å². The topological polar surface area (TPSA) is 43.1 Å². The van der Waals surface area contributed by atoms with E-state index in [1.807, 2.05) is 24.3 Å². The first kappa shape index (κ1) is 10.2. The molecule has 78 valence electrons. The summed E-state index contributed by atoms with van der Waals surface area (Å²) in [5, 5.41) is 0.713. The highest BCUT2D eigenvalue weighted by Gasteiger charge is 2.22. The fraction of sp³-hybridized carbons (Fsp3) is 0.250. The Morgan fingerprint density at radius 2 is 2.00 bits per heavy atom. The van der Waals surface area contributed by atoms with Crippen LogP contribution in [0.4, 0.5) is 0 Å². The van der Waals surface area contributed by atoms with E-state index in [1.54, 1.807) is 0 Å². The van der Waals surface area contributed by atoms with Crippen molar-refractivity contribution in [1.82, 2.24) is 0 Å². The van der Waals surface area contributed by atoms with Gasteiger partial charge in [0.25, 0.3) is 0 Å². The number of hydrogen-bond donors (Lipinski definition) is 1. The first-order valence-electron chi connectivity index (χ1n) is 4.90. The molecule has 0 aliphatic heterocycles. The number of halogens is 1. The zero-order valence-corrected chi connectivity index (χ0v) is 9.00. The highest BCUT2D eigenvalue weighted by molar-refractivity contribution is 6.31.